The number of nitrogens with zero attached hydrogens (tertiary/aromatic N) is 4. The highest BCUT2D eigenvalue weighted by atomic mass is 32.2. The lowest BCUT2D eigenvalue weighted by Gasteiger charge is -2.42. The van der Waals surface area contributed by atoms with Crippen molar-refractivity contribution in [2.75, 3.05) is 23.7 Å². The highest BCUT2D eigenvalue weighted by Crippen LogP contribution is 2.43. The zero-order valence-corrected chi connectivity index (χ0v) is 15.7. The van der Waals surface area contributed by atoms with Gasteiger partial charge in [0.2, 0.25) is 5.95 Å². The fraction of sp³-hybridized carbons (Fsp3) is 0.500. The second-order valence-electron chi connectivity index (χ2n) is 7.25. The standard InChI is InChI=1S/C18H23FN6S/c1-11(2)15-14(19)7-22-17(23-15)25-8-13-9-26-16(20)24-18(13,10-25)12-4-3-5-21-6-12/h3-7,11,13,16,24H,8-10,20H2,1-2H3/t13-,16?,18+/m0/s1. The molecule has 8 heteroatoms. The van der Waals surface area contributed by atoms with Crippen LogP contribution in [0.3, 0.4) is 0 Å². The molecule has 4 rings (SSSR count). The summed E-state index contributed by atoms with van der Waals surface area (Å²) in [4.78, 5) is 15.2. The van der Waals surface area contributed by atoms with Gasteiger partial charge in [0.05, 0.1) is 17.4 Å². The van der Waals surface area contributed by atoms with E-state index in [-0.39, 0.29) is 22.8 Å². The number of fused-ring (bicyclic) bond motifs is 1. The Morgan fingerprint density at radius 2 is 2.27 bits per heavy atom. The first-order chi connectivity index (χ1) is 12.5. The largest absolute Gasteiger partial charge is 0.338 e. The van der Waals surface area contributed by atoms with Gasteiger partial charge in [-0.3, -0.25) is 10.3 Å². The predicted octanol–water partition coefficient (Wildman–Crippen LogP) is 2.04. The van der Waals surface area contributed by atoms with E-state index in [0.29, 0.717) is 24.1 Å². The van der Waals surface area contributed by atoms with Gasteiger partial charge in [-0.15, -0.1) is 11.8 Å². The number of hydrogen-bond donors (Lipinski definition) is 2. The average molecular weight is 374 g/mol. The van der Waals surface area contributed by atoms with E-state index in [0.717, 1.165) is 17.9 Å². The minimum absolute atomic E-state index is 0.0102. The lowest BCUT2D eigenvalue weighted by Crippen LogP contribution is -2.59. The number of rotatable bonds is 3. The third-order valence-electron chi connectivity index (χ3n) is 5.22. The minimum atomic E-state index is -0.349. The Kier molecular flexibility index (Phi) is 4.58. The molecule has 2 aromatic rings. The molecule has 4 heterocycles. The molecule has 2 fully saturated rings. The molecule has 3 atom stereocenters. The Morgan fingerprint density at radius 3 is 3.00 bits per heavy atom. The van der Waals surface area contributed by atoms with Crippen LogP contribution in [-0.2, 0) is 5.54 Å². The maximum absolute atomic E-state index is 14.0. The zero-order chi connectivity index (χ0) is 18.3. The van der Waals surface area contributed by atoms with Crippen LogP contribution in [0.2, 0.25) is 0 Å². The molecule has 1 unspecified atom stereocenters. The number of anilines is 1. The van der Waals surface area contributed by atoms with Gasteiger partial charge in [0.15, 0.2) is 5.82 Å². The number of nitrogens with two attached hydrogens (primary N) is 1. The van der Waals surface area contributed by atoms with Crippen molar-refractivity contribution in [3.63, 3.8) is 0 Å². The van der Waals surface area contributed by atoms with Gasteiger partial charge < -0.3 is 10.6 Å². The van der Waals surface area contributed by atoms with Crippen molar-refractivity contribution in [1.29, 1.82) is 0 Å². The zero-order valence-electron chi connectivity index (χ0n) is 14.9. The summed E-state index contributed by atoms with van der Waals surface area (Å²) >= 11 is 1.71. The molecule has 2 saturated heterocycles. The average Bonchev–Trinajstić information content (AvgIpc) is 3.02. The van der Waals surface area contributed by atoms with Crippen LogP contribution in [0.4, 0.5) is 10.3 Å². The van der Waals surface area contributed by atoms with Crippen LogP contribution in [0.1, 0.15) is 31.0 Å². The Bertz CT molecular complexity index is 789. The van der Waals surface area contributed by atoms with E-state index in [1.807, 2.05) is 26.1 Å². The molecule has 0 aromatic carbocycles. The van der Waals surface area contributed by atoms with Gasteiger partial charge in [0.25, 0.3) is 0 Å². The van der Waals surface area contributed by atoms with Crippen LogP contribution in [0.25, 0.3) is 0 Å². The topological polar surface area (TPSA) is 80.0 Å². The summed E-state index contributed by atoms with van der Waals surface area (Å²) in [5.41, 5.74) is 7.36. The summed E-state index contributed by atoms with van der Waals surface area (Å²) in [6.07, 6.45) is 4.96. The van der Waals surface area contributed by atoms with Crippen LogP contribution in [0.15, 0.2) is 30.7 Å². The van der Waals surface area contributed by atoms with Crippen molar-refractivity contribution < 1.29 is 4.39 Å². The quantitative estimate of drug-likeness (QED) is 0.851. The SMILES string of the molecule is CC(C)c1nc(N2C[C@H]3CSC(N)N[C@@]3(c3cccnc3)C2)ncc1F. The number of thioether (sulfide) groups is 1. The summed E-state index contributed by atoms with van der Waals surface area (Å²) in [5, 5.41) is 3.59. The van der Waals surface area contributed by atoms with Crippen LogP contribution in [-0.4, -0.2) is 39.3 Å². The van der Waals surface area contributed by atoms with Crippen molar-refractivity contribution in [3.8, 4) is 0 Å². The van der Waals surface area contributed by atoms with Gasteiger partial charge in [-0.1, -0.05) is 19.9 Å². The van der Waals surface area contributed by atoms with E-state index in [1.54, 1.807) is 18.0 Å². The van der Waals surface area contributed by atoms with Crippen LogP contribution in [0.5, 0.6) is 0 Å². The Morgan fingerprint density at radius 1 is 1.42 bits per heavy atom. The molecular formula is C18H23FN6S. The number of pyridine rings is 1. The fourth-order valence-electron chi connectivity index (χ4n) is 3.91. The van der Waals surface area contributed by atoms with Gasteiger partial charge in [-0.2, -0.15) is 0 Å². The molecule has 2 aliphatic rings. The molecule has 26 heavy (non-hydrogen) atoms. The number of nitrogens with one attached hydrogen (secondary N) is 1. The maximum atomic E-state index is 14.0. The molecule has 0 radical (unpaired) electrons. The lowest BCUT2D eigenvalue weighted by molar-refractivity contribution is 0.273. The molecule has 0 saturated carbocycles. The maximum Gasteiger partial charge on any atom is 0.225 e. The van der Waals surface area contributed by atoms with Crippen molar-refractivity contribution in [2.45, 2.75) is 30.8 Å². The third kappa shape index (κ3) is 2.95. The van der Waals surface area contributed by atoms with Gasteiger partial charge in [-0.25, -0.2) is 14.4 Å². The van der Waals surface area contributed by atoms with E-state index in [4.69, 9.17) is 5.73 Å². The predicted molar refractivity (Wildman–Crippen MR) is 101 cm³/mol. The summed E-state index contributed by atoms with van der Waals surface area (Å²) in [6.45, 7) is 5.35. The van der Waals surface area contributed by atoms with Gasteiger partial charge >= 0.3 is 0 Å². The lowest BCUT2D eigenvalue weighted by atomic mass is 9.82. The third-order valence-corrected chi connectivity index (χ3v) is 6.29. The van der Waals surface area contributed by atoms with Crippen molar-refractivity contribution >= 4 is 17.7 Å². The van der Waals surface area contributed by atoms with E-state index < -0.39 is 0 Å². The molecule has 3 N–H and O–H groups in total. The van der Waals surface area contributed by atoms with E-state index in [2.05, 4.69) is 31.2 Å². The first-order valence-corrected chi connectivity index (χ1v) is 9.87. The number of halogens is 1. The van der Waals surface area contributed by atoms with Gasteiger partial charge in [-0.05, 0) is 17.5 Å². The number of aromatic nitrogens is 3. The van der Waals surface area contributed by atoms with Crippen LogP contribution in [0, 0.1) is 11.7 Å². The smallest absolute Gasteiger partial charge is 0.225 e. The molecule has 2 aromatic heterocycles. The fourth-order valence-corrected chi connectivity index (χ4v) is 5.03. The molecule has 0 bridgehead atoms. The van der Waals surface area contributed by atoms with Gasteiger partial charge in [0, 0.05) is 37.2 Å². The Balaban J connectivity index is 1.71. The Hall–Kier alpha value is -1.77. The summed E-state index contributed by atoms with van der Waals surface area (Å²) in [5.74, 6) is 1.52. The second kappa shape index (κ2) is 6.75. The highest BCUT2D eigenvalue weighted by molar-refractivity contribution is 7.99. The van der Waals surface area contributed by atoms with Gasteiger partial charge in [0.1, 0.15) is 5.50 Å². The minimum Gasteiger partial charge on any atom is -0.338 e. The summed E-state index contributed by atoms with van der Waals surface area (Å²) < 4.78 is 14.0. The molecular weight excluding hydrogens is 351 g/mol. The van der Waals surface area contributed by atoms with Crippen molar-refractivity contribution in [3.05, 3.63) is 47.8 Å². The van der Waals surface area contributed by atoms with E-state index >= 15 is 0 Å². The van der Waals surface area contributed by atoms with Crippen molar-refractivity contribution in [2.24, 2.45) is 11.7 Å². The summed E-state index contributed by atoms with van der Waals surface area (Å²) in [7, 11) is 0. The molecule has 2 aliphatic heterocycles. The Labute approximate surface area is 156 Å². The first kappa shape index (κ1) is 17.6. The van der Waals surface area contributed by atoms with E-state index in [1.165, 1.54) is 6.20 Å². The molecule has 0 aliphatic carbocycles. The van der Waals surface area contributed by atoms with Crippen LogP contribution >= 0.6 is 11.8 Å². The number of hydrogen-bond acceptors (Lipinski definition) is 7. The van der Waals surface area contributed by atoms with Crippen molar-refractivity contribution in [1.82, 2.24) is 20.3 Å². The highest BCUT2D eigenvalue weighted by Gasteiger charge is 2.51. The van der Waals surface area contributed by atoms with Crippen LogP contribution < -0.4 is 16.0 Å². The molecule has 6 nitrogen and oxygen atoms in total. The first-order valence-electron chi connectivity index (χ1n) is 8.82. The monoisotopic (exact) mass is 374 g/mol. The normalized spacial score (nSPS) is 28.4. The second-order valence-corrected chi connectivity index (χ2v) is 8.42. The summed E-state index contributed by atoms with van der Waals surface area (Å²) in [6, 6.07) is 4.04. The van der Waals surface area contributed by atoms with E-state index in [9.17, 15) is 4.39 Å². The molecule has 0 spiro atoms. The molecule has 138 valence electrons. The molecule has 0 amide bonds.